The summed E-state index contributed by atoms with van der Waals surface area (Å²) < 4.78 is 26.8. The number of nitrogens with zero attached hydrogens (tertiary/aromatic N) is 3. The second-order valence-electron chi connectivity index (χ2n) is 10.2. The van der Waals surface area contributed by atoms with Gasteiger partial charge in [0, 0.05) is 72.0 Å². The lowest BCUT2D eigenvalue weighted by Gasteiger charge is -2.18. The van der Waals surface area contributed by atoms with Gasteiger partial charge >= 0.3 is 12.1 Å². The Balaban J connectivity index is 1.09. The van der Waals surface area contributed by atoms with E-state index in [0.717, 1.165) is 50.0 Å². The number of fused-ring (bicyclic) bond motifs is 1. The number of rotatable bonds is 12. The van der Waals surface area contributed by atoms with E-state index < -0.39 is 17.9 Å². The Morgan fingerprint density at radius 2 is 1.85 bits per heavy atom. The first-order chi connectivity index (χ1) is 22.5. The van der Waals surface area contributed by atoms with Crippen molar-refractivity contribution in [2.45, 2.75) is 6.54 Å². The van der Waals surface area contributed by atoms with Gasteiger partial charge in [0.15, 0.2) is 11.6 Å². The maximum Gasteiger partial charge on any atom is 0.332 e. The molecular weight excluding hydrogens is 630 g/mol. The maximum atomic E-state index is 15.2. The van der Waals surface area contributed by atoms with E-state index >= 15 is 4.39 Å². The van der Waals surface area contributed by atoms with Gasteiger partial charge in [-0.3, -0.25) is 9.88 Å². The Morgan fingerprint density at radius 1 is 1.02 bits per heavy atom. The fourth-order valence-electron chi connectivity index (χ4n) is 4.90. The topological polar surface area (TPSA) is 105 Å². The normalized spacial score (nSPS) is 13.0. The van der Waals surface area contributed by atoms with E-state index in [-0.39, 0.29) is 18.0 Å². The minimum absolute atomic E-state index is 0.00279. The van der Waals surface area contributed by atoms with Crippen LogP contribution in [0.3, 0.4) is 0 Å². The zero-order valence-corrected chi connectivity index (χ0v) is 26.4. The van der Waals surface area contributed by atoms with E-state index in [1.807, 2.05) is 24.3 Å². The Bertz CT molecular complexity index is 1820. The van der Waals surface area contributed by atoms with Crippen LogP contribution < -0.4 is 20.3 Å². The molecule has 10 nitrogen and oxygen atoms in total. The molecule has 2 aromatic heterocycles. The largest absolute Gasteiger partial charge is 0.453 e. The average molecular weight is 660 g/mol. The number of aromatic nitrogens is 1. The van der Waals surface area contributed by atoms with E-state index in [2.05, 4.69) is 44.8 Å². The number of hydrogen-bond acceptors (Lipinski definition) is 9. The second kappa shape index (κ2) is 14.7. The molecule has 0 radical (unpaired) electrons. The van der Waals surface area contributed by atoms with Crippen LogP contribution in [-0.4, -0.2) is 54.4 Å². The lowest BCUT2D eigenvalue weighted by molar-refractivity contribution is -0.160. The molecule has 46 heavy (non-hydrogen) atoms. The zero-order chi connectivity index (χ0) is 31.9. The molecule has 1 aliphatic rings. The van der Waals surface area contributed by atoms with Gasteiger partial charge in [-0.15, -0.1) is 11.3 Å². The highest BCUT2D eigenvalue weighted by atomic mass is 32.2. The zero-order valence-electron chi connectivity index (χ0n) is 24.8. The molecule has 0 atom stereocenters. The number of thiophene rings is 1. The number of urea groups is 2. The van der Waals surface area contributed by atoms with Gasteiger partial charge in [0.25, 0.3) is 0 Å². The number of anilines is 2. The number of benzene rings is 3. The summed E-state index contributed by atoms with van der Waals surface area (Å²) >= 11 is 2.76. The van der Waals surface area contributed by atoms with Gasteiger partial charge in [0.05, 0.1) is 23.9 Å². The number of pyridine rings is 1. The molecule has 5 aromatic rings. The fraction of sp³-hybridized carbons (Fsp3) is 0.182. The molecule has 236 valence electrons. The molecule has 0 saturated carbocycles. The number of halogens is 1. The predicted octanol–water partition coefficient (Wildman–Crippen LogP) is 7.68. The summed E-state index contributed by atoms with van der Waals surface area (Å²) in [6, 6.07) is 24.2. The van der Waals surface area contributed by atoms with Gasteiger partial charge in [-0.1, -0.05) is 42.5 Å². The number of imide groups is 1. The van der Waals surface area contributed by atoms with Crippen molar-refractivity contribution in [3.8, 4) is 21.9 Å². The van der Waals surface area contributed by atoms with Crippen LogP contribution >= 0.6 is 23.4 Å². The molecule has 3 aromatic carbocycles. The highest BCUT2D eigenvalue weighted by molar-refractivity contribution is 7.94. The van der Waals surface area contributed by atoms with Gasteiger partial charge in [-0.2, -0.15) is 4.33 Å². The SMILES string of the molecule is COOSCCNCc1ccc(-c2cc3nccc(Oc4ccc(NC(=O)N5CCN(c6ccccc6)C5=O)cc4F)c3s2)cc1. The summed E-state index contributed by atoms with van der Waals surface area (Å²) in [5.41, 5.74) is 3.85. The van der Waals surface area contributed by atoms with Crippen molar-refractivity contribution in [2.75, 3.05) is 42.7 Å². The number of nitrogens with one attached hydrogen (secondary N) is 2. The monoisotopic (exact) mass is 659 g/mol. The summed E-state index contributed by atoms with van der Waals surface area (Å²) in [6.07, 6.45) is 1.62. The van der Waals surface area contributed by atoms with Crippen LogP contribution in [0.2, 0.25) is 0 Å². The van der Waals surface area contributed by atoms with Crippen LogP contribution in [0, 0.1) is 5.82 Å². The van der Waals surface area contributed by atoms with Crippen LogP contribution in [0.25, 0.3) is 20.7 Å². The van der Waals surface area contributed by atoms with Crippen molar-refractivity contribution in [2.24, 2.45) is 0 Å². The van der Waals surface area contributed by atoms with Crippen LogP contribution in [0.5, 0.6) is 11.5 Å². The van der Waals surface area contributed by atoms with Crippen LogP contribution in [0.15, 0.2) is 91.1 Å². The molecule has 3 heterocycles. The molecule has 1 aliphatic heterocycles. The van der Waals surface area contributed by atoms with Crippen molar-refractivity contribution in [3.63, 3.8) is 0 Å². The molecule has 0 spiro atoms. The van der Waals surface area contributed by atoms with Crippen molar-refractivity contribution < 1.29 is 27.9 Å². The highest BCUT2D eigenvalue weighted by Crippen LogP contribution is 2.40. The third-order valence-electron chi connectivity index (χ3n) is 7.15. The molecular formula is C33H30FN5O5S2. The maximum absolute atomic E-state index is 15.2. The van der Waals surface area contributed by atoms with E-state index in [1.54, 1.807) is 24.4 Å². The smallest absolute Gasteiger partial charge is 0.332 e. The van der Waals surface area contributed by atoms with Gasteiger partial charge in [-0.05, 0) is 41.5 Å². The third-order valence-corrected chi connectivity index (χ3v) is 8.94. The highest BCUT2D eigenvalue weighted by Gasteiger charge is 2.34. The average Bonchev–Trinajstić information content (AvgIpc) is 3.69. The van der Waals surface area contributed by atoms with Gasteiger partial charge < -0.3 is 15.4 Å². The van der Waals surface area contributed by atoms with Gasteiger partial charge in [-0.25, -0.2) is 23.8 Å². The Morgan fingerprint density at radius 3 is 2.63 bits per heavy atom. The van der Waals surface area contributed by atoms with Crippen molar-refractivity contribution in [3.05, 3.63) is 103 Å². The Hall–Kier alpha value is -4.53. The second-order valence-corrected chi connectivity index (χ2v) is 12.0. The summed E-state index contributed by atoms with van der Waals surface area (Å²) in [5.74, 6) is 0.575. The summed E-state index contributed by atoms with van der Waals surface area (Å²) in [7, 11) is 1.48. The number of hydrogen-bond donors (Lipinski definition) is 2. The molecule has 1 saturated heterocycles. The summed E-state index contributed by atoms with van der Waals surface area (Å²) in [6.45, 7) is 2.11. The summed E-state index contributed by atoms with van der Waals surface area (Å²) in [4.78, 5) is 38.4. The predicted molar refractivity (Wildman–Crippen MR) is 179 cm³/mol. The number of carbonyl (C=O) groups excluding carboxylic acids is 2. The number of ether oxygens (including phenoxy) is 1. The van der Waals surface area contributed by atoms with Crippen molar-refractivity contribution in [1.82, 2.24) is 15.2 Å². The first-order valence-corrected chi connectivity index (χ1v) is 16.2. The fourth-order valence-corrected chi connectivity index (χ4v) is 6.36. The van der Waals surface area contributed by atoms with E-state index in [4.69, 9.17) is 9.07 Å². The molecule has 0 bridgehead atoms. The van der Waals surface area contributed by atoms with E-state index in [1.165, 1.54) is 53.6 Å². The van der Waals surface area contributed by atoms with Gasteiger partial charge in [0.1, 0.15) is 5.75 Å². The number of carbonyl (C=O) groups is 2. The third kappa shape index (κ3) is 7.30. The molecule has 0 aliphatic carbocycles. The van der Waals surface area contributed by atoms with Crippen molar-refractivity contribution in [1.29, 1.82) is 0 Å². The Labute approximate surface area is 273 Å². The van der Waals surface area contributed by atoms with Crippen molar-refractivity contribution >= 4 is 57.0 Å². The number of para-hydroxylation sites is 1. The quantitative estimate of drug-likeness (QED) is 0.0608. The van der Waals surface area contributed by atoms with Gasteiger partial charge in [0.2, 0.25) is 0 Å². The molecule has 2 N–H and O–H groups in total. The minimum atomic E-state index is -0.660. The van der Waals surface area contributed by atoms with Crippen LogP contribution in [-0.2, 0) is 15.8 Å². The summed E-state index contributed by atoms with van der Waals surface area (Å²) in [5, 5.41) is 5.98. The molecule has 6 rings (SSSR count). The van der Waals surface area contributed by atoms with Crippen LogP contribution in [0.4, 0.5) is 25.4 Å². The molecule has 4 amide bonds. The van der Waals surface area contributed by atoms with Crippen LogP contribution in [0.1, 0.15) is 5.56 Å². The molecule has 1 fully saturated rings. The molecule has 0 unspecified atom stereocenters. The van der Waals surface area contributed by atoms with E-state index in [9.17, 15) is 9.59 Å². The Kier molecular flexibility index (Phi) is 10.1. The standard InChI is InChI=1S/C33H30FN5O5S2/c1-42-44-45-18-15-35-21-22-7-9-23(10-8-22)30-20-27-31(46-30)29(13-14-36-27)43-28-12-11-24(19-26(28)34)37-32(40)39-17-16-38(33(39)41)25-5-3-2-4-6-25/h2-14,19-20,35H,15-18,21H2,1H3,(H,37,40). The first kappa shape index (κ1) is 31.5. The number of amides is 4. The lowest BCUT2D eigenvalue weighted by Crippen LogP contribution is -2.39. The lowest BCUT2D eigenvalue weighted by atomic mass is 10.1. The minimum Gasteiger partial charge on any atom is -0.453 e. The van der Waals surface area contributed by atoms with E-state index in [0.29, 0.717) is 18.0 Å². The first-order valence-electron chi connectivity index (χ1n) is 14.4. The molecule has 13 heteroatoms.